The van der Waals surface area contributed by atoms with E-state index in [0.29, 0.717) is 32.2 Å². The van der Waals surface area contributed by atoms with Crippen molar-refractivity contribution in [3.8, 4) is 5.75 Å². The highest BCUT2D eigenvalue weighted by molar-refractivity contribution is 8.14. The molecule has 1 aromatic carbocycles. The zero-order valence-corrected chi connectivity index (χ0v) is 19.8. The van der Waals surface area contributed by atoms with E-state index in [0.717, 1.165) is 9.75 Å². The standard InChI is InChI=1S/C22H17ClN2O3S3/c1-13-5-8-20(31-13)18(26)12-30-22-24-17(11-15-4-3-9-29-15)21(27)25(22)14-6-7-19(28-2)16(23)10-14/h3-11H,12H2,1-2H3/b17-11-. The second-order valence-electron chi connectivity index (χ2n) is 6.52. The number of hydrogen-bond donors (Lipinski definition) is 0. The van der Waals surface area contributed by atoms with E-state index in [1.807, 2.05) is 36.6 Å². The number of nitrogens with zero attached hydrogens (tertiary/aromatic N) is 2. The van der Waals surface area contributed by atoms with Gasteiger partial charge < -0.3 is 4.74 Å². The van der Waals surface area contributed by atoms with Crippen LogP contribution in [0.2, 0.25) is 5.02 Å². The molecule has 0 saturated heterocycles. The maximum Gasteiger partial charge on any atom is 0.283 e. The maximum atomic E-state index is 13.2. The van der Waals surface area contributed by atoms with Crippen LogP contribution in [-0.2, 0) is 4.79 Å². The fourth-order valence-electron chi connectivity index (χ4n) is 2.91. The molecule has 0 atom stereocenters. The summed E-state index contributed by atoms with van der Waals surface area (Å²) in [5, 5.41) is 2.77. The quantitative estimate of drug-likeness (QED) is 0.309. The van der Waals surface area contributed by atoms with Gasteiger partial charge >= 0.3 is 0 Å². The lowest BCUT2D eigenvalue weighted by Gasteiger charge is -2.18. The summed E-state index contributed by atoms with van der Waals surface area (Å²) >= 11 is 10.5. The molecule has 4 rings (SSSR count). The van der Waals surface area contributed by atoms with E-state index in [9.17, 15) is 9.59 Å². The molecule has 1 aliphatic heterocycles. The third kappa shape index (κ3) is 4.77. The first kappa shape index (κ1) is 21.8. The number of anilines is 1. The van der Waals surface area contributed by atoms with Crippen LogP contribution in [0.25, 0.3) is 6.08 Å². The predicted octanol–water partition coefficient (Wildman–Crippen LogP) is 6.14. The second kappa shape index (κ2) is 9.40. The number of Topliss-reactive ketones (excluding diaryl/α,β-unsaturated/α-hetero) is 1. The summed E-state index contributed by atoms with van der Waals surface area (Å²) < 4.78 is 5.21. The van der Waals surface area contributed by atoms with Gasteiger partial charge in [-0.15, -0.1) is 22.7 Å². The van der Waals surface area contributed by atoms with Gasteiger partial charge in [-0.2, -0.15) is 0 Å². The summed E-state index contributed by atoms with van der Waals surface area (Å²) in [6, 6.07) is 12.7. The van der Waals surface area contributed by atoms with Gasteiger partial charge in [0.25, 0.3) is 5.91 Å². The summed E-state index contributed by atoms with van der Waals surface area (Å²) in [5.74, 6) is 0.428. The number of methoxy groups -OCH3 is 1. The molecule has 0 N–H and O–H groups in total. The number of ketones is 1. The average Bonchev–Trinajstić information content (AvgIpc) is 3.48. The summed E-state index contributed by atoms with van der Waals surface area (Å²) in [6.07, 6.45) is 1.75. The Hall–Kier alpha value is -2.39. The molecule has 0 saturated carbocycles. The van der Waals surface area contributed by atoms with Gasteiger partial charge in [-0.1, -0.05) is 29.4 Å². The number of thiophene rings is 2. The molecule has 2 aromatic heterocycles. The number of amidine groups is 1. The molecule has 0 aliphatic carbocycles. The van der Waals surface area contributed by atoms with Gasteiger partial charge in [-0.3, -0.25) is 14.5 Å². The number of aliphatic imine (C=N–C) groups is 1. The van der Waals surface area contributed by atoms with Crippen LogP contribution in [0.3, 0.4) is 0 Å². The normalized spacial score (nSPS) is 14.9. The number of carbonyl (C=O) groups excluding carboxylic acids is 2. The lowest BCUT2D eigenvalue weighted by Crippen LogP contribution is -2.30. The van der Waals surface area contributed by atoms with Gasteiger partial charge in [0.15, 0.2) is 11.0 Å². The monoisotopic (exact) mass is 488 g/mol. The number of halogens is 1. The van der Waals surface area contributed by atoms with Crippen LogP contribution in [0.15, 0.2) is 58.5 Å². The number of rotatable bonds is 6. The van der Waals surface area contributed by atoms with Crippen LogP contribution < -0.4 is 9.64 Å². The van der Waals surface area contributed by atoms with E-state index in [2.05, 4.69) is 4.99 Å². The van der Waals surface area contributed by atoms with Crippen molar-refractivity contribution in [1.29, 1.82) is 0 Å². The molecule has 3 aromatic rings. The fourth-order valence-corrected chi connectivity index (χ4v) is 5.60. The van der Waals surface area contributed by atoms with Gasteiger partial charge in [-0.05, 0) is 54.8 Å². The van der Waals surface area contributed by atoms with E-state index in [4.69, 9.17) is 16.3 Å². The minimum atomic E-state index is -0.267. The van der Waals surface area contributed by atoms with Crippen molar-refractivity contribution in [1.82, 2.24) is 0 Å². The number of hydrogen-bond acceptors (Lipinski definition) is 7. The van der Waals surface area contributed by atoms with E-state index < -0.39 is 0 Å². The Bertz CT molecular complexity index is 1200. The van der Waals surface area contributed by atoms with Crippen LogP contribution in [0.1, 0.15) is 19.4 Å². The van der Waals surface area contributed by atoms with E-state index in [-0.39, 0.29) is 17.4 Å². The van der Waals surface area contributed by atoms with Crippen molar-refractivity contribution in [2.75, 3.05) is 17.8 Å². The van der Waals surface area contributed by atoms with Crippen molar-refractivity contribution in [2.45, 2.75) is 6.92 Å². The fraction of sp³-hybridized carbons (Fsp3) is 0.136. The van der Waals surface area contributed by atoms with E-state index in [1.165, 1.54) is 46.4 Å². The number of benzene rings is 1. The largest absolute Gasteiger partial charge is 0.495 e. The molecule has 0 fully saturated rings. The minimum absolute atomic E-state index is 0.00153. The van der Waals surface area contributed by atoms with Crippen LogP contribution in [-0.4, -0.2) is 29.7 Å². The van der Waals surface area contributed by atoms with Crippen molar-refractivity contribution in [3.63, 3.8) is 0 Å². The zero-order chi connectivity index (χ0) is 22.0. The Kier molecular flexibility index (Phi) is 6.62. The molecular weight excluding hydrogens is 472 g/mol. The Morgan fingerprint density at radius 2 is 2.13 bits per heavy atom. The summed E-state index contributed by atoms with van der Waals surface area (Å²) in [7, 11) is 1.53. The molecule has 0 radical (unpaired) electrons. The Morgan fingerprint density at radius 3 is 2.77 bits per heavy atom. The molecule has 0 unspecified atom stereocenters. The minimum Gasteiger partial charge on any atom is -0.495 e. The molecule has 9 heteroatoms. The molecule has 1 amide bonds. The lowest BCUT2D eigenvalue weighted by atomic mass is 10.2. The average molecular weight is 489 g/mol. The molecule has 3 heterocycles. The first-order valence-electron chi connectivity index (χ1n) is 9.20. The Morgan fingerprint density at radius 1 is 1.29 bits per heavy atom. The van der Waals surface area contributed by atoms with E-state index in [1.54, 1.807) is 24.3 Å². The topological polar surface area (TPSA) is 59.0 Å². The van der Waals surface area contributed by atoms with Crippen molar-refractivity contribution < 1.29 is 14.3 Å². The van der Waals surface area contributed by atoms with Crippen molar-refractivity contribution in [2.24, 2.45) is 4.99 Å². The Labute approximate surface area is 197 Å². The SMILES string of the molecule is COc1ccc(N2C(=O)/C(=C/c3cccs3)N=C2SCC(=O)c2ccc(C)s2)cc1Cl. The number of ether oxygens (including phenoxy) is 1. The number of carbonyl (C=O) groups is 2. The summed E-state index contributed by atoms with van der Waals surface area (Å²) in [4.78, 5) is 34.5. The highest BCUT2D eigenvalue weighted by Crippen LogP contribution is 2.35. The molecule has 0 spiro atoms. The highest BCUT2D eigenvalue weighted by Gasteiger charge is 2.33. The van der Waals surface area contributed by atoms with E-state index >= 15 is 0 Å². The molecule has 158 valence electrons. The van der Waals surface area contributed by atoms with Gasteiger partial charge in [-0.25, -0.2) is 4.99 Å². The van der Waals surface area contributed by atoms with Gasteiger partial charge in [0.05, 0.1) is 28.4 Å². The summed E-state index contributed by atoms with van der Waals surface area (Å²) in [6.45, 7) is 1.96. The highest BCUT2D eigenvalue weighted by atomic mass is 35.5. The first-order valence-corrected chi connectivity index (χ1v) is 12.3. The summed E-state index contributed by atoms with van der Waals surface area (Å²) in [5.41, 5.74) is 0.882. The Balaban J connectivity index is 1.64. The third-order valence-electron chi connectivity index (χ3n) is 4.39. The maximum absolute atomic E-state index is 13.2. The van der Waals surface area contributed by atoms with Crippen LogP contribution >= 0.6 is 46.0 Å². The number of amides is 1. The van der Waals surface area contributed by atoms with Crippen molar-refractivity contribution >= 4 is 74.7 Å². The molecule has 1 aliphatic rings. The van der Waals surface area contributed by atoms with Crippen molar-refractivity contribution in [3.05, 3.63) is 73.2 Å². The van der Waals surface area contributed by atoms with Crippen LogP contribution in [0.4, 0.5) is 5.69 Å². The van der Waals surface area contributed by atoms with Gasteiger partial charge in [0.2, 0.25) is 0 Å². The molecular formula is C22H17ClN2O3S3. The second-order valence-corrected chi connectivity index (χ2v) is 10.1. The third-order valence-corrected chi connectivity index (χ3v) is 7.49. The molecule has 0 bridgehead atoms. The number of aryl methyl sites for hydroxylation is 1. The lowest BCUT2D eigenvalue weighted by molar-refractivity contribution is -0.113. The van der Waals surface area contributed by atoms with Gasteiger partial charge in [0.1, 0.15) is 11.4 Å². The smallest absolute Gasteiger partial charge is 0.283 e. The molecule has 31 heavy (non-hydrogen) atoms. The van der Waals surface area contributed by atoms with Crippen LogP contribution in [0.5, 0.6) is 5.75 Å². The number of thioether (sulfide) groups is 1. The zero-order valence-electron chi connectivity index (χ0n) is 16.6. The van der Waals surface area contributed by atoms with Crippen LogP contribution in [0, 0.1) is 6.92 Å². The first-order chi connectivity index (χ1) is 15.0. The van der Waals surface area contributed by atoms with Gasteiger partial charge in [0, 0.05) is 9.75 Å². The predicted molar refractivity (Wildman–Crippen MR) is 131 cm³/mol. The molecule has 5 nitrogen and oxygen atoms in total.